The van der Waals surface area contributed by atoms with E-state index in [0.717, 1.165) is 11.4 Å². The van der Waals surface area contributed by atoms with Crippen LogP contribution in [0, 0.1) is 0 Å². The molecule has 27 heavy (non-hydrogen) atoms. The Morgan fingerprint density at radius 1 is 1.11 bits per heavy atom. The van der Waals surface area contributed by atoms with Gasteiger partial charge in [0.15, 0.2) is 11.0 Å². The third-order valence-corrected chi connectivity index (χ3v) is 5.32. The van der Waals surface area contributed by atoms with Crippen molar-refractivity contribution in [1.29, 1.82) is 0 Å². The fourth-order valence-corrected chi connectivity index (χ4v) is 3.83. The molecule has 7 nitrogen and oxygen atoms in total. The number of amides is 1. The molecule has 1 aromatic carbocycles. The van der Waals surface area contributed by atoms with E-state index in [2.05, 4.69) is 32.6 Å². The second-order valence-electron chi connectivity index (χ2n) is 5.61. The second-order valence-corrected chi connectivity index (χ2v) is 7.45. The van der Waals surface area contributed by atoms with Gasteiger partial charge in [-0.2, -0.15) is 0 Å². The van der Waals surface area contributed by atoms with Crippen molar-refractivity contribution < 1.29 is 4.79 Å². The highest BCUT2D eigenvalue weighted by atomic mass is 32.2. The van der Waals surface area contributed by atoms with Crippen molar-refractivity contribution in [2.24, 2.45) is 0 Å². The predicted octanol–water partition coefficient (Wildman–Crippen LogP) is 3.17. The van der Waals surface area contributed by atoms with Crippen LogP contribution in [0.25, 0.3) is 0 Å². The Labute approximate surface area is 164 Å². The molecule has 0 spiro atoms. The summed E-state index contributed by atoms with van der Waals surface area (Å²) in [6.45, 7) is 0. The van der Waals surface area contributed by atoms with Gasteiger partial charge in [0.2, 0.25) is 11.1 Å². The molecule has 3 heterocycles. The number of thioether (sulfide) groups is 1. The maximum Gasteiger partial charge on any atom is 0.236 e. The molecule has 3 aromatic heterocycles. The average Bonchev–Trinajstić information content (AvgIpc) is 3.43. The van der Waals surface area contributed by atoms with Gasteiger partial charge in [-0.1, -0.05) is 42.1 Å². The first-order chi connectivity index (χ1) is 13.3. The third-order valence-electron chi connectivity index (χ3n) is 3.71. The van der Waals surface area contributed by atoms with Crippen molar-refractivity contribution in [3.63, 3.8) is 0 Å². The largest absolute Gasteiger partial charge is 0.301 e. The van der Waals surface area contributed by atoms with Gasteiger partial charge in [-0.3, -0.25) is 9.47 Å². The molecule has 0 aliphatic rings. The fraction of sp³-hybridized carbons (Fsp3) is 0.111. The van der Waals surface area contributed by atoms with E-state index >= 15 is 0 Å². The molecule has 4 aromatic rings. The minimum atomic E-state index is -0.124. The minimum absolute atomic E-state index is 0.124. The van der Waals surface area contributed by atoms with E-state index in [1.807, 2.05) is 57.5 Å². The van der Waals surface area contributed by atoms with Gasteiger partial charge in [-0.25, -0.2) is 9.66 Å². The molecule has 0 atom stereocenters. The van der Waals surface area contributed by atoms with Crippen molar-refractivity contribution in [3.8, 4) is 0 Å². The molecular formula is C18H16N6OS2. The van der Waals surface area contributed by atoms with Crippen molar-refractivity contribution >= 4 is 34.1 Å². The molecule has 0 aliphatic carbocycles. The molecule has 0 saturated carbocycles. The predicted molar refractivity (Wildman–Crippen MR) is 106 cm³/mol. The molecule has 0 unspecified atom stereocenters. The lowest BCUT2D eigenvalue weighted by molar-refractivity contribution is -0.113. The summed E-state index contributed by atoms with van der Waals surface area (Å²) >= 11 is 2.73. The highest BCUT2D eigenvalue weighted by Crippen LogP contribution is 2.20. The highest BCUT2D eigenvalue weighted by molar-refractivity contribution is 7.99. The zero-order valence-electron chi connectivity index (χ0n) is 14.2. The summed E-state index contributed by atoms with van der Waals surface area (Å²) in [4.78, 5) is 16.2. The zero-order valence-corrected chi connectivity index (χ0v) is 15.9. The van der Waals surface area contributed by atoms with E-state index in [1.165, 1.54) is 23.1 Å². The number of benzene rings is 1. The van der Waals surface area contributed by atoms with Crippen LogP contribution in [0.1, 0.15) is 11.4 Å². The van der Waals surface area contributed by atoms with Crippen molar-refractivity contribution in [2.75, 3.05) is 11.1 Å². The third kappa shape index (κ3) is 4.26. The maximum absolute atomic E-state index is 12.1. The monoisotopic (exact) mass is 396 g/mol. The van der Waals surface area contributed by atoms with Crippen LogP contribution in [0.4, 0.5) is 5.13 Å². The molecule has 1 amide bonds. The van der Waals surface area contributed by atoms with Crippen molar-refractivity contribution in [1.82, 2.24) is 24.5 Å². The molecule has 9 heteroatoms. The molecule has 0 bridgehead atoms. The van der Waals surface area contributed by atoms with Crippen LogP contribution < -0.4 is 5.32 Å². The van der Waals surface area contributed by atoms with Gasteiger partial charge in [0, 0.05) is 30.4 Å². The van der Waals surface area contributed by atoms with Crippen LogP contribution in [0.2, 0.25) is 0 Å². The molecule has 0 fully saturated rings. The number of aromatic nitrogens is 5. The standard InChI is InChI=1S/C18H16N6OS2/c25-16(20-17-19-8-11-26-17)13-27-18-22-21-15(12-14-6-2-1-3-7-14)24(18)23-9-4-5-10-23/h1-11H,12-13H2,(H,19,20,25). The molecule has 4 rings (SSSR count). The van der Waals surface area contributed by atoms with Crippen LogP contribution in [0.3, 0.4) is 0 Å². The first kappa shape index (κ1) is 17.5. The summed E-state index contributed by atoms with van der Waals surface area (Å²) in [6.07, 6.45) is 6.17. The fourth-order valence-electron chi connectivity index (χ4n) is 2.54. The number of carbonyl (C=O) groups excluding carboxylic acids is 1. The lowest BCUT2D eigenvalue weighted by Gasteiger charge is -2.11. The van der Waals surface area contributed by atoms with Crippen molar-refractivity contribution in [2.45, 2.75) is 11.6 Å². The molecule has 0 saturated heterocycles. The SMILES string of the molecule is O=C(CSc1nnc(Cc2ccccc2)n1-n1cccc1)Nc1nccs1. The van der Waals surface area contributed by atoms with Gasteiger partial charge in [-0.15, -0.1) is 21.5 Å². The number of hydrogen-bond acceptors (Lipinski definition) is 6. The van der Waals surface area contributed by atoms with E-state index in [-0.39, 0.29) is 11.7 Å². The van der Waals surface area contributed by atoms with Crippen LogP contribution in [-0.2, 0) is 11.2 Å². The number of rotatable bonds is 7. The molecular weight excluding hydrogens is 380 g/mol. The topological polar surface area (TPSA) is 77.6 Å². The first-order valence-corrected chi connectivity index (χ1v) is 10.1. The second kappa shape index (κ2) is 8.19. The van der Waals surface area contributed by atoms with Gasteiger partial charge in [0.25, 0.3) is 0 Å². The molecule has 1 N–H and O–H groups in total. The smallest absolute Gasteiger partial charge is 0.236 e. The van der Waals surface area contributed by atoms with Gasteiger partial charge >= 0.3 is 0 Å². The molecule has 136 valence electrons. The Balaban J connectivity index is 1.52. The van der Waals surface area contributed by atoms with E-state index in [4.69, 9.17) is 0 Å². The zero-order chi connectivity index (χ0) is 18.5. The number of anilines is 1. The summed E-state index contributed by atoms with van der Waals surface area (Å²) in [6, 6.07) is 14.0. The van der Waals surface area contributed by atoms with E-state index in [0.29, 0.717) is 16.7 Å². The number of nitrogens with zero attached hydrogens (tertiary/aromatic N) is 5. The minimum Gasteiger partial charge on any atom is -0.301 e. The van der Waals surface area contributed by atoms with Gasteiger partial charge in [-0.05, 0) is 17.7 Å². The maximum atomic E-state index is 12.1. The Morgan fingerprint density at radius 3 is 2.67 bits per heavy atom. The van der Waals surface area contributed by atoms with E-state index in [9.17, 15) is 4.79 Å². The average molecular weight is 397 g/mol. The number of hydrogen-bond donors (Lipinski definition) is 1. The summed E-state index contributed by atoms with van der Waals surface area (Å²) in [5, 5.41) is 14.5. The van der Waals surface area contributed by atoms with Crippen molar-refractivity contribution in [3.05, 3.63) is 77.8 Å². The Bertz CT molecular complexity index is 996. The quantitative estimate of drug-likeness (QED) is 0.486. The first-order valence-electron chi connectivity index (χ1n) is 8.23. The molecule has 0 radical (unpaired) electrons. The van der Waals surface area contributed by atoms with Crippen LogP contribution >= 0.6 is 23.1 Å². The van der Waals surface area contributed by atoms with Gasteiger partial charge in [0.05, 0.1) is 5.75 Å². The van der Waals surface area contributed by atoms with E-state index < -0.39 is 0 Å². The Morgan fingerprint density at radius 2 is 1.93 bits per heavy atom. The van der Waals surface area contributed by atoms with E-state index in [1.54, 1.807) is 6.20 Å². The summed E-state index contributed by atoms with van der Waals surface area (Å²) in [5.41, 5.74) is 1.15. The molecule has 0 aliphatic heterocycles. The normalized spacial score (nSPS) is 10.8. The summed E-state index contributed by atoms with van der Waals surface area (Å²) in [5.74, 6) is 0.909. The Hall–Kier alpha value is -2.91. The summed E-state index contributed by atoms with van der Waals surface area (Å²) < 4.78 is 3.84. The summed E-state index contributed by atoms with van der Waals surface area (Å²) in [7, 11) is 0. The van der Waals surface area contributed by atoms with Crippen LogP contribution in [-0.4, -0.2) is 36.2 Å². The van der Waals surface area contributed by atoms with Crippen LogP contribution in [0.15, 0.2) is 71.6 Å². The van der Waals surface area contributed by atoms with Gasteiger partial charge < -0.3 is 5.32 Å². The lowest BCUT2D eigenvalue weighted by atomic mass is 10.1. The number of carbonyl (C=O) groups is 1. The lowest BCUT2D eigenvalue weighted by Crippen LogP contribution is -2.16. The van der Waals surface area contributed by atoms with Gasteiger partial charge in [0.1, 0.15) is 0 Å². The highest BCUT2D eigenvalue weighted by Gasteiger charge is 2.16. The number of nitrogens with one attached hydrogen (secondary N) is 1. The van der Waals surface area contributed by atoms with Crippen LogP contribution in [0.5, 0.6) is 0 Å². The Kier molecular flexibility index (Phi) is 5.31. The number of thiazole rings is 1.